The quantitative estimate of drug-likeness (QED) is 0.0963. The number of anilines is 3. The Bertz CT molecular complexity index is 1690. The van der Waals surface area contributed by atoms with Gasteiger partial charge in [0.15, 0.2) is 11.5 Å². The van der Waals surface area contributed by atoms with Crippen molar-refractivity contribution in [3.63, 3.8) is 0 Å². The van der Waals surface area contributed by atoms with Crippen molar-refractivity contribution < 1.29 is 29.5 Å². The number of ether oxygens (including phenoxy) is 3. The highest BCUT2D eigenvalue weighted by Crippen LogP contribution is 2.64. The number of rotatable bonds is 7. The second-order valence-electron chi connectivity index (χ2n) is 12.4. The summed E-state index contributed by atoms with van der Waals surface area (Å²) in [6, 6.07) is 17.9. The van der Waals surface area contributed by atoms with Gasteiger partial charge in [-0.3, -0.25) is 0 Å². The van der Waals surface area contributed by atoms with Crippen LogP contribution in [0.4, 0.5) is 17.1 Å². The number of phenolic OH excluding ortho intramolecular Hbond substituents is 3. The van der Waals surface area contributed by atoms with E-state index in [4.69, 9.17) is 31.4 Å². The molecule has 4 aromatic carbocycles. The summed E-state index contributed by atoms with van der Waals surface area (Å²) in [7, 11) is 0. The highest BCUT2D eigenvalue weighted by atomic mass is 16.5. The minimum Gasteiger partial charge on any atom is -0.506 e. The Morgan fingerprint density at radius 3 is 1.40 bits per heavy atom. The van der Waals surface area contributed by atoms with Crippen molar-refractivity contribution in [3.05, 3.63) is 72.3 Å². The lowest BCUT2D eigenvalue weighted by Crippen LogP contribution is -2.48. The molecule has 0 aromatic heterocycles. The number of hydrogen-bond donors (Lipinski definition) is 6. The van der Waals surface area contributed by atoms with Crippen LogP contribution in [0.2, 0.25) is 0 Å². The van der Waals surface area contributed by atoms with Crippen LogP contribution in [0.3, 0.4) is 0 Å². The molecule has 0 unspecified atom stereocenters. The molecule has 9 nitrogen and oxygen atoms in total. The Labute approximate surface area is 249 Å². The minimum atomic E-state index is -0.0832. The number of benzene rings is 4. The van der Waals surface area contributed by atoms with Crippen molar-refractivity contribution >= 4 is 17.1 Å². The average molecular weight is 582 g/mol. The number of nitrogen functional groups attached to an aromatic ring is 3. The Morgan fingerprint density at radius 1 is 0.535 bits per heavy atom. The molecule has 4 aliphatic rings. The zero-order valence-corrected chi connectivity index (χ0v) is 23.6. The maximum absolute atomic E-state index is 10.1. The van der Waals surface area contributed by atoms with Gasteiger partial charge in [-0.05, 0) is 104 Å². The van der Waals surface area contributed by atoms with Gasteiger partial charge in [-0.25, -0.2) is 0 Å². The van der Waals surface area contributed by atoms with Crippen molar-refractivity contribution in [1.82, 2.24) is 0 Å². The largest absolute Gasteiger partial charge is 0.506 e. The van der Waals surface area contributed by atoms with E-state index >= 15 is 0 Å². The fourth-order valence-corrected chi connectivity index (χ4v) is 7.83. The van der Waals surface area contributed by atoms with Crippen LogP contribution in [0.25, 0.3) is 0 Å². The molecule has 4 aromatic rings. The Morgan fingerprint density at radius 2 is 0.953 bits per heavy atom. The highest BCUT2D eigenvalue weighted by Gasteiger charge is 2.53. The smallest absolute Gasteiger partial charge is 0.212 e. The molecule has 9 N–H and O–H groups in total. The van der Waals surface area contributed by atoms with Crippen LogP contribution in [0.1, 0.15) is 44.1 Å². The summed E-state index contributed by atoms with van der Waals surface area (Å²) >= 11 is 0. The molecule has 0 amide bonds. The Kier molecular flexibility index (Phi) is 6.34. The van der Waals surface area contributed by atoms with Gasteiger partial charge >= 0.3 is 0 Å². The Balaban J connectivity index is 1.41. The van der Waals surface area contributed by atoms with Crippen molar-refractivity contribution in [1.29, 1.82) is 0 Å². The van der Waals surface area contributed by atoms with Gasteiger partial charge in [0.2, 0.25) is 5.75 Å². The first kappa shape index (κ1) is 26.9. The molecule has 222 valence electrons. The van der Waals surface area contributed by atoms with E-state index in [0.717, 1.165) is 24.8 Å². The molecular formula is C34H35N3O6. The predicted octanol–water partition coefficient (Wildman–Crippen LogP) is 7.39. The van der Waals surface area contributed by atoms with Crippen molar-refractivity contribution in [3.8, 4) is 51.7 Å². The lowest BCUT2D eigenvalue weighted by atomic mass is 9.48. The van der Waals surface area contributed by atoms with Gasteiger partial charge in [0.25, 0.3) is 0 Å². The predicted molar refractivity (Wildman–Crippen MR) is 164 cm³/mol. The topological polar surface area (TPSA) is 166 Å². The van der Waals surface area contributed by atoms with Gasteiger partial charge in [0.1, 0.15) is 34.5 Å². The molecule has 43 heavy (non-hydrogen) atoms. The summed E-state index contributed by atoms with van der Waals surface area (Å²) in [5.41, 5.74) is 19.5. The third kappa shape index (κ3) is 4.94. The molecule has 0 atom stereocenters. The van der Waals surface area contributed by atoms with Gasteiger partial charge in [-0.2, -0.15) is 0 Å². The van der Waals surface area contributed by atoms with Crippen molar-refractivity contribution in [2.24, 2.45) is 17.8 Å². The molecule has 0 radical (unpaired) electrons. The van der Waals surface area contributed by atoms with Crippen LogP contribution in [0, 0.1) is 17.8 Å². The van der Waals surface area contributed by atoms with E-state index in [1.165, 1.54) is 49.6 Å². The number of hydrogen-bond acceptors (Lipinski definition) is 9. The summed E-state index contributed by atoms with van der Waals surface area (Å²) in [6.45, 7) is 0. The average Bonchev–Trinajstić information content (AvgIpc) is 2.95. The van der Waals surface area contributed by atoms with Crippen molar-refractivity contribution in [2.75, 3.05) is 17.2 Å². The second kappa shape index (κ2) is 10.1. The lowest BCUT2D eigenvalue weighted by molar-refractivity contribution is -0.00610. The summed E-state index contributed by atoms with van der Waals surface area (Å²) in [5.74, 6) is 4.27. The Hall–Kier alpha value is -4.92. The fourth-order valence-electron chi connectivity index (χ4n) is 7.83. The standard InChI is InChI=1S/C34H35N3O6/c35-25-12-21(1-5-28(25)38)41-31-8-4-24(34-15-18-9-19(16-34)11-20(10-18)17-34)32(42-22-2-6-29(39)26(36)13-22)33(31)43-23-3-7-30(40)27(37)14-23/h1-8,12-14,18-20,38-40H,9-11,15-17,35-37H2. The van der Waals surface area contributed by atoms with Crippen LogP contribution >= 0.6 is 0 Å². The monoisotopic (exact) mass is 581 g/mol. The van der Waals surface area contributed by atoms with Gasteiger partial charge < -0.3 is 46.7 Å². The highest BCUT2D eigenvalue weighted by molar-refractivity contribution is 5.65. The van der Waals surface area contributed by atoms with E-state index in [1.807, 2.05) is 6.07 Å². The maximum atomic E-state index is 10.1. The van der Waals surface area contributed by atoms with Gasteiger partial charge in [0.05, 0.1) is 17.1 Å². The summed E-state index contributed by atoms with van der Waals surface area (Å²) in [4.78, 5) is 0. The van der Waals surface area contributed by atoms with Crippen LogP contribution in [-0.4, -0.2) is 15.3 Å². The zero-order chi connectivity index (χ0) is 29.9. The second-order valence-corrected chi connectivity index (χ2v) is 12.4. The normalized spacial score (nSPS) is 23.7. The molecule has 0 heterocycles. The number of phenols is 3. The first-order valence-electron chi connectivity index (χ1n) is 14.6. The van der Waals surface area contributed by atoms with E-state index in [1.54, 1.807) is 24.3 Å². The lowest BCUT2D eigenvalue weighted by Gasteiger charge is -2.57. The van der Waals surface area contributed by atoms with E-state index in [9.17, 15) is 15.3 Å². The third-order valence-electron chi connectivity index (χ3n) is 9.35. The number of aromatic hydroxyl groups is 3. The van der Waals surface area contributed by atoms with E-state index in [-0.39, 0.29) is 39.7 Å². The molecular weight excluding hydrogens is 546 g/mol. The molecule has 0 saturated heterocycles. The summed E-state index contributed by atoms with van der Waals surface area (Å²) < 4.78 is 19.5. The van der Waals surface area contributed by atoms with E-state index < -0.39 is 0 Å². The van der Waals surface area contributed by atoms with Crippen molar-refractivity contribution in [2.45, 2.75) is 43.9 Å². The number of nitrogens with two attached hydrogens (primary N) is 3. The molecule has 4 saturated carbocycles. The zero-order valence-electron chi connectivity index (χ0n) is 23.6. The van der Waals surface area contributed by atoms with Gasteiger partial charge in [-0.1, -0.05) is 6.07 Å². The third-order valence-corrected chi connectivity index (χ3v) is 9.35. The van der Waals surface area contributed by atoms with E-state index in [0.29, 0.717) is 52.3 Å². The molecule has 8 rings (SSSR count). The van der Waals surface area contributed by atoms with Crippen LogP contribution in [-0.2, 0) is 5.41 Å². The molecule has 9 heteroatoms. The molecule has 0 aliphatic heterocycles. The fraction of sp³-hybridized carbons (Fsp3) is 0.294. The molecule has 0 spiro atoms. The first-order valence-corrected chi connectivity index (χ1v) is 14.6. The maximum Gasteiger partial charge on any atom is 0.212 e. The van der Waals surface area contributed by atoms with Crippen LogP contribution in [0.15, 0.2) is 66.7 Å². The summed E-state index contributed by atoms with van der Waals surface area (Å²) in [6.07, 6.45) is 7.07. The first-order chi connectivity index (χ1) is 20.7. The van der Waals surface area contributed by atoms with Crippen LogP contribution in [0.5, 0.6) is 51.7 Å². The molecule has 4 bridgehead atoms. The molecule has 4 fully saturated rings. The molecule has 4 aliphatic carbocycles. The van der Waals surface area contributed by atoms with Gasteiger partial charge in [-0.15, -0.1) is 0 Å². The SMILES string of the molecule is Nc1cc(Oc2ccc(C34CC5CC(CC(C5)C3)C4)c(Oc3ccc(O)c(N)c3)c2Oc2ccc(O)c(N)c2)ccc1O. The van der Waals surface area contributed by atoms with Crippen LogP contribution < -0.4 is 31.4 Å². The van der Waals surface area contributed by atoms with E-state index in [2.05, 4.69) is 6.07 Å². The van der Waals surface area contributed by atoms with Gasteiger partial charge in [0, 0.05) is 23.8 Å². The summed E-state index contributed by atoms with van der Waals surface area (Å²) in [5, 5.41) is 30.1. The minimum absolute atomic E-state index is 0.0355.